The van der Waals surface area contributed by atoms with Crippen molar-refractivity contribution in [3.05, 3.63) is 36.8 Å². The number of pyridine rings is 1. The summed E-state index contributed by atoms with van der Waals surface area (Å²) < 4.78 is 12.2. The van der Waals surface area contributed by atoms with Crippen molar-refractivity contribution in [1.29, 1.82) is 0 Å². The third-order valence-corrected chi connectivity index (χ3v) is 3.82. The first-order chi connectivity index (χ1) is 12.1. The molecule has 0 bridgehead atoms. The van der Waals surface area contributed by atoms with Crippen molar-refractivity contribution in [3.8, 4) is 16.9 Å². The summed E-state index contributed by atoms with van der Waals surface area (Å²) in [5, 5.41) is 9.05. The van der Waals surface area contributed by atoms with Crippen LogP contribution in [0.3, 0.4) is 0 Å². The van der Waals surface area contributed by atoms with E-state index in [0.29, 0.717) is 18.2 Å². The lowest BCUT2D eigenvalue weighted by molar-refractivity contribution is -0.140. The summed E-state index contributed by atoms with van der Waals surface area (Å²) in [5.41, 5.74) is 1.91. The van der Waals surface area contributed by atoms with E-state index in [1.54, 1.807) is 31.1 Å². The topological polar surface area (TPSA) is 78.3 Å². The predicted octanol–water partition coefficient (Wildman–Crippen LogP) is 2.62. The third-order valence-electron chi connectivity index (χ3n) is 3.82. The molecule has 0 fully saturated rings. The number of nitrogens with zero attached hydrogens (tertiary/aromatic N) is 3. The van der Waals surface area contributed by atoms with Gasteiger partial charge in [0.1, 0.15) is 18.1 Å². The molecule has 0 aliphatic heterocycles. The monoisotopic (exact) mass is 340 g/mol. The van der Waals surface area contributed by atoms with E-state index in [-0.39, 0.29) is 12.5 Å². The lowest BCUT2D eigenvalue weighted by Crippen LogP contribution is -2.17. The van der Waals surface area contributed by atoms with Gasteiger partial charge in [-0.3, -0.25) is 9.48 Å². The molecule has 0 radical (unpaired) electrons. The molecule has 2 aromatic heterocycles. The van der Waals surface area contributed by atoms with Crippen molar-refractivity contribution in [1.82, 2.24) is 14.8 Å². The van der Waals surface area contributed by atoms with E-state index in [9.17, 15) is 4.79 Å². The fraction of sp³-hybridized carbons (Fsp3) is 0.278. The van der Waals surface area contributed by atoms with Crippen LogP contribution in [0.25, 0.3) is 21.9 Å². The highest BCUT2D eigenvalue weighted by atomic mass is 16.5. The van der Waals surface area contributed by atoms with Crippen molar-refractivity contribution in [2.24, 2.45) is 7.05 Å². The zero-order valence-electron chi connectivity index (χ0n) is 14.4. The first-order valence-corrected chi connectivity index (χ1v) is 7.98. The van der Waals surface area contributed by atoms with Crippen LogP contribution in [0, 0.1) is 0 Å². The van der Waals surface area contributed by atoms with Gasteiger partial charge in [0.15, 0.2) is 0 Å². The summed E-state index contributed by atoms with van der Waals surface area (Å²) in [7, 11) is 3.48. The highest BCUT2D eigenvalue weighted by Crippen LogP contribution is 2.36. The van der Waals surface area contributed by atoms with Crippen LogP contribution < -0.4 is 10.1 Å². The number of fused-ring (bicyclic) bond motifs is 1. The Morgan fingerprint density at radius 2 is 2.16 bits per heavy atom. The number of methoxy groups -OCH3 is 1. The number of carbonyl (C=O) groups is 1. The van der Waals surface area contributed by atoms with E-state index in [1.807, 2.05) is 31.4 Å². The van der Waals surface area contributed by atoms with Gasteiger partial charge in [0, 0.05) is 30.6 Å². The number of aromatic nitrogens is 3. The van der Waals surface area contributed by atoms with Gasteiger partial charge >= 0.3 is 5.97 Å². The Morgan fingerprint density at radius 3 is 2.84 bits per heavy atom. The Hall–Kier alpha value is -3.09. The van der Waals surface area contributed by atoms with Gasteiger partial charge in [0.05, 0.1) is 25.3 Å². The standard InChI is InChI=1S/C18H20N4O3/c1-4-25-16(23)10-20-18-17-13(6-5-7-15(17)24-3)14(9-19-18)12-8-21-22(2)11-12/h5-9,11H,4,10H2,1-3H3,(H,19,20). The molecule has 1 N–H and O–H groups in total. The first kappa shape index (κ1) is 16.8. The Kier molecular flexibility index (Phi) is 4.83. The molecule has 0 amide bonds. The quantitative estimate of drug-likeness (QED) is 0.695. The van der Waals surface area contributed by atoms with E-state index in [2.05, 4.69) is 15.4 Å². The molecule has 0 unspecified atom stereocenters. The maximum Gasteiger partial charge on any atom is 0.325 e. The molecule has 0 aliphatic carbocycles. The van der Waals surface area contributed by atoms with Gasteiger partial charge in [0.2, 0.25) is 0 Å². The van der Waals surface area contributed by atoms with Crippen molar-refractivity contribution in [2.45, 2.75) is 6.92 Å². The number of esters is 1. The number of anilines is 1. The van der Waals surface area contributed by atoms with Crippen LogP contribution in [0.5, 0.6) is 5.75 Å². The fourth-order valence-corrected chi connectivity index (χ4v) is 2.73. The number of nitrogens with one attached hydrogen (secondary N) is 1. The number of rotatable bonds is 6. The number of hydrogen-bond donors (Lipinski definition) is 1. The molecular formula is C18H20N4O3. The second-order valence-electron chi connectivity index (χ2n) is 5.46. The van der Waals surface area contributed by atoms with Gasteiger partial charge in [-0.2, -0.15) is 5.10 Å². The summed E-state index contributed by atoms with van der Waals surface area (Å²) in [6.07, 6.45) is 5.50. The van der Waals surface area contributed by atoms with Gasteiger partial charge in [-0.05, 0) is 18.4 Å². The Bertz CT molecular complexity index is 904. The number of ether oxygens (including phenoxy) is 2. The molecule has 1 aromatic carbocycles. The van der Waals surface area contributed by atoms with E-state index in [0.717, 1.165) is 21.9 Å². The molecule has 130 valence electrons. The van der Waals surface area contributed by atoms with Crippen molar-refractivity contribution < 1.29 is 14.3 Å². The van der Waals surface area contributed by atoms with E-state index in [1.165, 1.54) is 0 Å². The average Bonchev–Trinajstić information content (AvgIpc) is 3.05. The van der Waals surface area contributed by atoms with Gasteiger partial charge < -0.3 is 14.8 Å². The maximum atomic E-state index is 11.6. The first-order valence-electron chi connectivity index (χ1n) is 7.98. The summed E-state index contributed by atoms with van der Waals surface area (Å²) >= 11 is 0. The smallest absolute Gasteiger partial charge is 0.325 e. The zero-order valence-corrected chi connectivity index (χ0v) is 14.4. The summed E-state index contributed by atoms with van der Waals surface area (Å²) in [6.45, 7) is 2.16. The number of aryl methyl sites for hydroxylation is 1. The van der Waals surface area contributed by atoms with Crippen molar-refractivity contribution in [2.75, 3.05) is 25.6 Å². The molecule has 0 spiro atoms. The van der Waals surface area contributed by atoms with Gasteiger partial charge in [-0.1, -0.05) is 12.1 Å². The van der Waals surface area contributed by atoms with Crippen LogP contribution in [0.1, 0.15) is 6.92 Å². The van der Waals surface area contributed by atoms with E-state index >= 15 is 0 Å². The largest absolute Gasteiger partial charge is 0.496 e. The minimum absolute atomic E-state index is 0.0419. The molecule has 0 atom stereocenters. The van der Waals surface area contributed by atoms with Gasteiger partial charge in [-0.15, -0.1) is 0 Å². The van der Waals surface area contributed by atoms with Crippen LogP contribution in [-0.2, 0) is 16.6 Å². The Balaban J connectivity index is 2.08. The molecule has 2 heterocycles. The highest BCUT2D eigenvalue weighted by Gasteiger charge is 2.15. The van der Waals surface area contributed by atoms with Gasteiger partial charge in [-0.25, -0.2) is 4.98 Å². The van der Waals surface area contributed by atoms with Crippen molar-refractivity contribution in [3.63, 3.8) is 0 Å². The van der Waals surface area contributed by atoms with E-state index < -0.39 is 0 Å². The summed E-state index contributed by atoms with van der Waals surface area (Å²) in [4.78, 5) is 16.1. The summed E-state index contributed by atoms with van der Waals surface area (Å²) in [6, 6.07) is 5.79. The highest BCUT2D eigenvalue weighted by molar-refractivity contribution is 6.05. The molecule has 25 heavy (non-hydrogen) atoms. The SMILES string of the molecule is CCOC(=O)CNc1ncc(-c2cnn(C)c2)c2cccc(OC)c12. The average molecular weight is 340 g/mol. The Morgan fingerprint density at radius 1 is 1.32 bits per heavy atom. The fourth-order valence-electron chi connectivity index (χ4n) is 2.73. The van der Waals surface area contributed by atoms with Crippen molar-refractivity contribution >= 4 is 22.6 Å². The lowest BCUT2D eigenvalue weighted by atomic mass is 10.0. The van der Waals surface area contributed by atoms with Crippen LogP contribution in [0.2, 0.25) is 0 Å². The molecule has 3 aromatic rings. The molecule has 7 heteroatoms. The molecular weight excluding hydrogens is 320 g/mol. The normalized spacial score (nSPS) is 10.7. The lowest BCUT2D eigenvalue weighted by Gasteiger charge is -2.14. The molecule has 3 rings (SSSR count). The number of carbonyl (C=O) groups excluding carboxylic acids is 1. The van der Waals surface area contributed by atoms with Crippen LogP contribution in [-0.4, -0.2) is 41.0 Å². The number of hydrogen-bond acceptors (Lipinski definition) is 6. The minimum atomic E-state index is -0.330. The second kappa shape index (κ2) is 7.21. The summed E-state index contributed by atoms with van der Waals surface area (Å²) in [5.74, 6) is 0.930. The minimum Gasteiger partial charge on any atom is -0.496 e. The zero-order chi connectivity index (χ0) is 17.8. The maximum absolute atomic E-state index is 11.6. The predicted molar refractivity (Wildman–Crippen MR) is 95.6 cm³/mol. The van der Waals surface area contributed by atoms with Crippen LogP contribution in [0.15, 0.2) is 36.8 Å². The van der Waals surface area contributed by atoms with Crippen LogP contribution in [0.4, 0.5) is 5.82 Å². The third kappa shape index (κ3) is 3.40. The second-order valence-corrected chi connectivity index (χ2v) is 5.46. The Labute approximate surface area is 145 Å². The van der Waals surface area contributed by atoms with Gasteiger partial charge in [0.25, 0.3) is 0 Å². The molecule has 0 saturated carbocycles. The molecule has 0 saturated heterocycles. The number of benzene rings is 1. The van der Waals surface area contributed by atoms with Crippen LogP contribution >= 0.6 is 0 Å². The molecule has 7 nitrogen and oxygen atoms in total. The van der Waals surface area contributed by atoms with E-state index in [4.69, 9.17) is 9.47 Å². The molecule has 0 aliphatic rings.